The van der Waals surface area contributed by atoms with Gasteiger partial charge in [0.05, 0.1) is 22.3 Å². The number of benzene rings is 2. The minimum Gasteiger partial charge on any atom is -0.407 e. The molecule has 8 nitrogen and oxygen atoms in total. The summed E-state index contributed by atoms with van der Waals surface area (Å²) >= 11 is 6.40. The summed E-state index contributed by atoms with van der Waals surface area (Å²) in [5, 5.41) is 7.09. The van der Waals surface area contributed by atoms with Crippen molar-refractivity contribution in [3.8, 4) is 5.75 Å². The lowest BCUT2D eigenvalue weighted by Gasteiger charge is -2.37. The molecule has 0 spiro atoms. The minimum atomic E-state index is -2.37. The van der Waals surface area contributed by atoms with Crippen molar-refractivity contribution in [2.24, 2.45) is 4.99 Å². The monoisotopic (exact) mass is 522 g/mol. The molecule has 1 aliphatic carbocycles. The number of likely N-dealkylation sites (tertiary alicyclic amines) is 1. The quantitative estimate of drug-likeness (QED) is 0.612. The van der Waals surface area contributed by atoms with Gasteiger partial charge < -0.3 is 10.1 Å². The highest BCUT2D eigenvalue weighted by Crippen LogP contribution is 2.46. The zero-order chi connectivity index (χ0) is 23.8. The Morgan fingerprint density at radius 1 is 1.24 bits per heavy atom. The van der Waals surface area contributed by atoms with E-state index in [1.165, 1.54) is 40.6 Å². The SMILES string of the molecule is O=C(NC1=CS(=S(=O)=O)C=N1)Oc1cc(Cl)c(N[C@@H]2C[C@H](N3CCC3)c3ccccc32)cc1F. The van der Waals surface area contributed by atoms with Crippen LogP contribution in [-0.2, 0) is 18.7 Å². The van der Waals surface area contributed by atoms with Crippen LogP contribution in [0.2, 0.25) is 5.02 Å². The number of carbonyl (C=O) groups excluding carboxylic acids is 1. The molecule has 178 valence electrons. The van der Waals surface area contributed by atoms with Crippen molar-refractivity contribution < 1.29 is 22.3 Å². The Labute approximate surface area is 203 Å². The number of hydrogen-bond donors (Lipinski definition) is 2. The number of ether oxygens (including phenoxy) is 1. The number of anilines is 1. The molecule has 5 rings (SSSR count). The smallest absolute Gasteiger partial charge is 0.407 e. The van der Waals surface area contributed by atoms with Gasteiger partial charge in [-0.1, -0.05) is 35.9 Å². The number of hydrogen-bond acceptors (Lipinski definition) is 7. The van der Waals surface area contributed by atoms with Crippen LogP contribution in [0.25, 0.3) is 0 Å². The molecule has 0 aromatic heterocycles. The van der Waals surface area contributed by atoms with E-state index in [9.17, 15) is 17.6 Å². The van der Waals surface area contributed by atoms with Gasteiger partial charge in [0.1, 0.15) is 5.82 Å². The summed E-state index contributed by atoms with van der Waals surface area (Å²) in [6.07, 6.45) is 1.04. The van der Waals surface area contributed by atoms with E-state index in [4.69, 9.17) is 16.3 Å². The molecule has 3 aliphatic rings. The van der Waals surface area contributed by atoms with Gasteiger partial charge in [-0.05, 0) is 37.1 Å². The molecule has 1 amide bonds. The fourth-order valence-electron chi connectivity index (χ4n) is 4.29. The van der Waals surface area contributed by atoms with Crippen molar-refractivity contribution in [3.63, 3.8) is 0 Å². The van der Waals surface area contributed by atoms with E-state index in [1.54, 1.807) is 0 Å². The highest BCUT2D eigenvalue weighted by Gasteiger charge is 2.36. The molecule has 2 aromatic rings. The van der Waals surface area contributed by atoms with Gasteiger partial charge in [0.2, 0.25) is 9.26 Å². The number of amides is 1. The largest absolute Gasteiger partial charge is 0.418 e. The Morgan fingerprint density at radius 3 is 2.68 bits per heavy atom. The molecule has 0 saturated carbocycles. The van der Waals surface area contributed by atoms with E-state index in [2.05, 4.69) is 32.7 Å². The molecule has 1 unspecified atom stereocenters. The van der Waals surface area contributed by atoms with Crippen LogP contribution in [0.5, 0.6) is 5.75 Å². The second-order valence-corrected chi connectivity index (χ2v) is 11.9. The maximum Gasteiger partial charge on any atom is 0.418 e. The van der Waals surface area contributed by atoms with E-state index in [0.717, 1.165) is 19.5 Å². The van der Waals surface area contributed by atoms with Crippen molar-refractivity contribution in [1.29, 1.82) is 0 Å². The Balaban J connectivity index is 1.29. The van der Waals surface area contributed by atoms with Gasteiger partial charge in [-0.15, -0.1) is 0 Å². The van der Waals surface area contributed by atoms with Crippen molar-refractivity contribution in [3.05, 3.63) is 69.6 Å². The summed E-state index contributed by atoms with van der Waals surface area (Å²) in [6, 6.07) is 11.0. The summed E-state index contributed by atoms with van der Waals surface area (Å²) in [5.74, 6) is -1.11. The second-order valence-electron chi connectivity index (χ2n) is 8.01. The lowest BCUT2D eigenvalue weighted by atomic mass is 10.0. The highest BCUT2D eigenvalue weighted by molar-refractivity contribution is 8.42. The summed E-state index contributed by atoms with van der Waals surface area (Å²) in [6.45, 7) is 2.15. The van der Waals surface area contributed by atoms with Gasteiger partial charge >= 0.3 is 6.09 Å². The first kappa shape index (κ1) is 23.0. The predicted molar refractivity (Wildman–Crippen MR) is 130 cm³/mol. The third-order valence-corrected chi connectivity index (χ3v) is 8.87. The standard InChI is InChI=1S/C22H20ClFN4O4S2/c23-15-8-20(32-22(29)27-21-11-33(12-25-21)34(30)31)16(24)9-18(15)26-17-10-19(28-6-3-7-28)14-5-2-1-4-13(14)17/h1-2,4-5,8-9,11-12,17,19,26H,3,6-7,10H2,(H,27,29)/t17-,19+,33?/m1/s1. The van der Waals surface area contributed by atoms with Crippen LogP contribution < -0.4 is 15.4 Å². The van der Waals surface area contributed by atoms with E-state index in [0.29, 0.717) is 11.7 Å². The predicted octanol–water partition coefficient (Wildman–Crippen LogP) is 4.12. The summed E-state index contributed by atoms with van der Waals surface area (Å²) in [7, 11) is -3.59. The van der Waals surface area contributed by atoms with Crippen LogP contribution in [0.1, 0.15) is 36.1 Å². The molecule has 1 saturated heterocycles. The van der Waals surface area contributed by atoms with Crippen LogP contribution in [0.15, 0.2) is 52.6 Å². The number of nitrogens with one attached hydrogen (secondary N) is 2. The molecule has 1 fully saturated rings. The van der Waals surface area contributed by atoms with E-state index in [-0.39, 0.29) is 22.6 Å². The van der Waals surface area contributed by atoms with Crippen molar-refractivity contribution in [2.75, 3.05) is 18.4 Å². The molecule has 0 bridgehead atoms. The maximum absolute atomic E-state index is 14.8. The maximum atomic E-state index is 14.8. The van der Waals surface area contributed by atoms with Crippen LogP contribution in [-0.4, -0.2) is 38.0 Å². The first-order valence-electron chi connectivity index (χ1n) is 10.5. The molecule has 2 N–H and O–H groups in total. The Morgan fingerprint density at radius 2 is 2.00 bits per heavy atom. The Bertz CT molecular complexity index is 1370. The number of rotatable bonds is 5. The molecule has 34 heavy (non-hydrogen) atoms. The first-order chi connectivity index (χ1) is 16.4. The van der Waals surface area contributed by atoms with Gasteiger partial charge in [-0.2, -0.15) is 8.42 Å². The fourth-order valence-corrected chi connectivity index (χ4v) is 6.12. The normalized spacial score (nSPS) is 23.1. The van der Waals surface area contributed by atoms with Crippen LogP contribution in [0.4, 0.5) is 14.9 Å². The number of halogens is 2. The van der Waals surface area contributed by atoms with E-state index < -0.39 is 30.6 Å². The van der Waals surface area contributed by atoms with Crippen molar-refractivity contribution in [1.82, 2.24) is 10.2 Å². The Kier molecular flexibility index (Phi) is 6.43. The third kappa shape index (κ3) is 4.61. The molecule has 2 aromatic carbocycles. The average molecular weight is 523 g/mol. The summed E-state index contributed by atoms with van der Waals surface area (Å²) in [5.41, 5.74) is 4.03. The molecular weight excluding hydrogens is 503 g/mol. The third-order valence-electron chi connectivity index (χ3n) is 5.99. The van der Waals surface area contributed by atoms with Crippen LogP contribution in [0, 0.1) is 5.82 Å². The summed E-state index contributed by atoms with van der Waals surface area (Å²) < 4.78 is 41.7. The molecule has 2 heterocycles. The van der Waals surface area contributed by atoms with Gasteiger partial charge in [-0.3, -0.25) is 10.2 Å². The lowest BCUT2D eigenvalue weighted by molar-refractivity contribution is 0.116. The molecule has 2 aliphatic heterocycles. The van der Waals surface area contributed by atoms with E-state index >= 15 is 0 Å². The first-order valence-corrected chi connectivity index (χ1v) is 13.9. The number of carbonyl (C=O) groups is 1. The van der Waals surface area contributed by atoms with Crippen molar-refractivity contribution >= 4 is 47.6 Å². The second kappa shape index (κ2) is 9.49. The van der Waals surface area contributed by atoms with Gasteiger partial charge in [0, 0.05) is 33.0 Å². The van der Waals surface area contributed by atoms with Crippen LogP contribution in [0.3, 0.4) is 0 Å². The zero-order valence-electron chi connectivity index (χ0n) is 17.7. The van der Waals surface area contributed by atoms with Crippen molar-refractivity contribution in [2.45, 2.75) is 24.9 Å². The zero-order valence-corrected chi connectivity index (χ0v) is 20.1. The fraction of sp³-hybridized carbons (Fsp3) is 0.273. The molecular formula is C22H20ClFN4O4S2. The molecule has 3 atom stereocenters. The van der Waals surface area contributed by atoms with Gasteiger partial charge in [-0.25, -0.2) is 14.2 Å². The Hall–Kier alpha value is -2.73. The highest BCUT2D eigenvalue weighted by atomic mass is 35.5. The summed E-state index contributed by atoms with van der Waals surface area (Å²) in [4.78, 5) is 18.3. The topological polar surface area (TPSA) is 100 Å². The number of aliphatic imine (C=N–C) groups is 1. The minimum absolute atomic E-state index is 0.0129. The molecule has 0 radical (unpaired) electrons. The lowest BCUT2D eigenvalue weighted by Crippen LogP contribution is -2.39. The molecule has 12 heteroatoms. The van der Waals surface area contributed by atoms with Crippen LogP contribution >= 0.6 is 11.6 Å². The number of nitrogens with zero attached hydrogens (tertiary/aromatic N) is 2. The number of fused-ring (bicyclic) bond motifs is 1. The van der Waals surface area contributed by atoms with E-state index in [1.807, 2.05) is 12.1 Å². The van der Waals surface area contributed by atoms with Gasteiger partial charge in [0.25, 0.3) is 0 Å². The average Bonchev–Trinajstić information content (AvgIpc) is 3.36. The van der Waals surface area contributed by atoms with Gasteiger partial charge in [0.15, 0.2) is 11.6 Å².